The van der Waals surface area contributed by atoms with Crippen LogP contribution in [0.3, 0.4) is 0 Å². The summed E-state index contributed by atoms with van der Waals surface area (Å²) in [5, 5.41) is 13.7. The molecule has 170 valence electrons. The molecule has 0 fully saturated rings. The zero-order valence-electron chi connectivity index (χ0n) is 18.4. The average molecular weight is 460 g/mol. The molecular formula is C22H26FN5O3S. The van der Waals surface area contributed by atoms with E-state index < -0.39 is 22.4 Å². The van der Waals surface area contributed by atoms with Gasteiger partial charge >= 0.3 is 0 Å². The highest BCUT2D eigenvalue weighted by Crippen LogP contribution is 2.22. The molecule has 0 aliphatic rings. The molecule has 0 bridgehead atoms. The standard InChI is InChI=1S/C22H26FN5O3S/c1-15-5-6-16(2)17(11-15)12-22-25-21(14-29)26-28(22)20-8-7-18(13-19(20)23)32(30,31)24-9-10-27(3)4/h5-9,11,13,29H,10,12,14H2,1-4H3. The predicted octanol–water partition coefficient (Wildman–Crippen LogP) is 2.43. The van der Waals surface area contributed by atoms with E-state index in [0.717, 1.165) is 22.8 Å². The van der Waals surface area contributed by atoms with Crippen LogP contribution >= 0.6 is 0 Å². The van der Waals surface area contributed by atoms with Crippen LogP contribution in [0.2, 0.25) is 0 Å². The van der Waals surface area contributed by atoms with Gasteiger partial charge in [0.2, 0.25) is 0 Å². The molecule has 10 heteroatoms. The molecular weight excluding hydrogens is 433 g/mol. The van der Waals surface area contributed by atoms with Gasteiger partial charge in [-0.1, -0.05) is 23.8 Å². The maximum absolute atomic E-state index is 15.0. The van der Waals surface area contributed by atoms with Crippen molar-refractivity contribution in [3.63, 3.8) is 0 Å². The summed E-state index contributed by atoms with van der Waals surface area (Å²) < 4.78 is 44.7. The highest BCUT2D eigenvalue weighted by molar-refractivity contribution is 7.90. The largest absolute Gasteiger partial charge is 0.388 e. The van der Waals surface area contributed by atoms with Crippen molar-refractivity contribution in [3.8, 4) is 5.69 Å². The van der Waals surface area contributed by atoms with Gasteiger partial charge < -0.3 is 10.0 Å². The molecule has 0 spiro atoms. The lowest BCUT2D eigenvalue weighted by Crippen LogP contribution is -2.14. The molecule has 2 aromatic carbocycles. The summed E-state index contributed by atoms with van der Waals surface area (Å²) in [5.74, 6) is -0.207. The lowest BCUT2D eigenvalue weighted by Gasteiger charge is -2.10. The normalized spacial score (nSPS) is 12.2. The summed E-state index contributed by atoms with van der Waals surface area (Å²) in [7, 11) is -0.469. The Bertz CT molecular complexity index is 1250. The maximum atomic E-state index is 15.0. The second-order valence-electron chi connectivity index (χ2n) is 7.76. The Morgan fingerprint density at radius 3 is 2.59 bits per heavy atom. The number of hydrogen-bond donors (Lipinski definition) is 1. The molecule has 0 atom stereocenters. The van der Waals surface area contributed by atoms with E-state index in [1.807, 2.05) is 32.0 Å². The number of halogens is 1. The first-order valence-corrected chi connectivity index (χ1v) is 11.4. The Kier molecular flexibility index (Phi) is 7.17. The molecule has 0 unspecified atom stereocenters. The highest BCUT2D eigenvalue weighted by Gasteiger charge is 2.19. The van der Waals surface area contributed by atoms with Crippen LogP contribution in [-0.2, 0) is 23.1 Å². The number of aliphatic hydroxyl groups is 1. The smallest absolute Gasteiger partial charge is 0.282 e. The van der Waals surface area contributed by atoms with Crippen LogP contribution in [0.4, 0.5) is 4.39 Å². The molecule has 1 heterocycles. The van der Waals surface area contributed by atoms with Crippen molar-refractivity contribution in [1.29, 1.82) is 0 Å². The molecule has 0 saturated carbocycles. The lowest BCUT2D eigenvalue weighted by atomic mass is 10.0. The van der Waals surface area contributed by atoms with E-state index in [9.17, 15) is 13.5 Å². The number of rotatable bonds is 8. The Hall–Kier alpha value is -2.95. The first-order chi connectivity index (χ1) is 15.1. The molecule has 32 heavy (non-hydrogen) atoms. The summed E-state index contributed by atoms with van der Waals surface area (Å²) >= 11 is 0. The Morgan fingerprint density at radius 2 is 1.94 bits per heavy atom. The van der Waals surface area contributed by atoms with Crippen LogP contribution in [0.1, 0.15) is 28.3 Å². The SMILES string of the molecule is Cc1ccc(C)c(Cc2nc(CO)nn2-c2ccc(S(=O)(=O)N=CCN(C)C)cc2F)c1. The molecule has 0 amide bonds. The average Bonchev–Trinajstić information content (AvgIpc) is 3.13. The van der Waals surface area contributed by atoms with Crippen molar-refractivity contribution in [3.05, 3.63) is 70.6 Å². The molecule has 8 nitrogen and oxygen atoms in total. The number of benzene rings is 2. The number of sulfonamides is 1. The van der Waals surface area contributed by atoms with Gasteiger partial charge in [0.1, 0.15) is 23.9 Å². The summed E-state index contributed by atoms with van der Waals surface area (Å²) in [6, 6.07) is 9.54. The molecule has 0 aliphatic carbocycles. The van der Waals surface area contributed by atoms with Gasteiger partial charge in [0, 0.05) is 19.2 Å². The highest BCUT2D eigenvalue weighted by atomic mass is 32.2. The van der Waals surface area contributed by atoms with E-state index in [1.54, 1.807) is 19.0 Å². The second-order valence-corrected chi connectivity index (χ2v) is 9.39. The summed E-state index contributed by atoms with van der Waals surface area (Å²) in [5.41, 5.74) is 3.16. The van der Waals surface area contributed by atoms with Crippen LogP contribution in [0.15, 0.2) is 45.7 Å². The zero-order valence-corrected chi connectivity index (χ0v) is 19.3. The number of aromatic nitrogens is 3. The number of hydrogen-bond acceptors (Lipinski definition) is 6. The third kappa shape index (κ3) is 5.45. The molecule has 1 N–H and O–H groups in total. The minimum Gasteiger partial charge on any atom is -0.388 e. The van der Waals surface area contributed by atoms with Crippen LogP contribution in [-0.4, -0.2) is 60.0 Å². The van der Waals surface area contributed by atoms with Crippen molar-refractivity contribution < 1.29 is 17.9 Å². The van der Waals surface area contributed by atoms with E-state index in [4.69, 9.17) is 0 Å². The Morgan fingerprint density at radius 1 is 1.19 bits per heavy atom. The molecule has 3 rings (SSSR count). The third-order valence-corrected chi connectivity index (χ3v) is 6.09. The predicted molar refractivity (Wildman–Crippen MR) is 120 cm³/mol. The molecule has 0 aliphatic heterocycles. The number of aliphatic hydroxyl groups excluding tert-OH is 1. The first kappa shape index (κ1) is 23.7. The van der Waals surface area contributed by atoms with Crippen molar-refractivity contribution in [1.82, 2.24) is 19.7 Å². The summed E-state index contributed by atoms with van der Waals surface area (Å²) in [6.45, 7) is 3.89. The number of nitrogens with zero attached hydrogens (tertiary/aromatic N) is 5. The van der Waals surface area contributed by atoms with E-state index in [0.29, 0.717) is 18.8 Å². The van der Waals surface area contributed by atoms with E-state index >= 15 is 4.39 Å². The molecule has 1 aromatic heterocycles. The van der Waals surface area contributed by atoms with Crippen molar-refractivity contribution >= 4 is 16.2 Å². The maximum Gasteiger partial charge on any atom is 0.282 e. The van der Waals surface area contributed by atoms with Gasteiger partial charge in [-0.05, 0) is 57.3 Å². The van der Waals surface area contributed by atoms with Gasteiger partial charge in [0.15, 0.2) is 5.82 Å². The van der Waals surface area contributed by atoms with Crippen LogP contribution in [0.5, 0.6) is 0 Å². The van der Waals surface area contributed by atoms with Crippen molar-refractivity contribution in [2.24, 2.45) is 4.40 Å². The molecule has 3 aromatic rings. The van der Waals surface area contributed by atoms with E-state index in [1.165, 1.54) is 23.0 Å². The van der Waals surface area contributed by atoms with E-state index in [-0.39, 0.29) is 16.4 Å². The van der Waals surface area contributed by atoms with Gasteiger partial charge in [-0.3, -0.25) is 0 Å². The minimum absolute atomic E-state index is 0.0359. The third-order valence-electron chi connectivity index (χ3n) is 4.82. The quantitative estimate of drug-likeness (QED) is 0.519. The Labute approximate surface area is 187 Å². The van der Waals surface area contributed by atoms with Gasteiger partial charge in [-0.2, -0.15) is 12.8 Å². The van der Waals surface area contributed by atoms with Crippen LogP contribution in [0.25, 0.3) is 5.69 Å². The van der Waals surface area contributed by atoms with Crippen LogP contribution in [0, 0.1) is 19.7 Å². The second kappa shape index (κ2) is 9.68. The fourth-order valence-electron chi connectivity index (χ4n) is 3.10. The van der Waals surface area contributed by atoms with Gasteiger partial charge in [0.05, 0.1) is 4.90 Å². The first-order valence-electron chi connectivity index (χ1n) is 9.96. The molecule has 0 saturated heterocycles. The monoisotopic (exact) mass is 459 g/mol. The topological polar surface area (TPSA) is 101 Å². The van der Waals surface area contributed by atoms with Crippen LogP contribution < -0.4 is 0 Å². The lowest BCUT2D eigenvalue weighted by molar-refractivity contribution is 0.271. The fraction of sp³-hybridized carbons (Fsp3) is 0.318. The van der Waals surface area contributed by atoms with Crippen molar-refractivity contribution in [2.45, 2.75) is 31.8 Å². The minimum atomic E-state index is -4.03. The molecule has 0 radical (unpaired) electrons. The van der Waals surface area contributed by atoms with Gasteiger partial charge in [-0.15, -0.1) is 5.10 Å². The fourth-order valence-corrected chi connectivity index (χ4v) is 3.98. The van der Waals surface area contributed by atoms with E-state index in [2.05, 4.69) is 14.5 Å². The van der Waals surface area contributed by atoms with Gasteiger partial charge in [0.25, 0.3) is 10.0 Å². The van der Waals surface area contributed by atoms with Crippen molar-refractivity contribution in [2.75, 3.05) is 20.6 Å². The number of aryl methyl sites for hydroxylation is 2. The zero-order chi connectivity index (χ0) is 23.5. The Balaban J connectivity index is 1.99. The summed E-state index contributed by atoms with van der Waals surface area (Å²) in [6.07, 6.45) is 1.63. The van der Waals surface area contributed by atoms with Gasteiger partial charge in [-0.25, -0.2) is 14.1 Å². The summed E-state index contributed by atoms with van der Waals surface area (Å²) in [4.78, 5) is 5.83.